The molecule has 12 aromatic rings. The van der Waals surface area contributed by atoms with Crippen LogP contribution in [-0.4, -0.2) is 0 Å². The lowest BCUT2D eigenvalue weighted by Gasteiger charge is -2.13. The van der Waals surface area contributed by atoms with E-state index in [0.717, 1.165) is 25.7 Å². The van der Waals surface area contributed by atoms with E-state index >= 15 is 0 Å². The molecular formula is C108H128. The van der Waals surface area contributed by atoms with Crippen molar-refractivity contribution in [2.75, 3.05) is 0 Å². The third-order valence-corrected chi connectivity index (χ3v) is 20.6. The van der Waals surface area contributed by atoms with Crippen molar-refractivity contribution in [3.05, 3.63) is 332 Å². The molecule has 12 aromatic carbocycles. The first-order valence-electron chi connectivity index (χ1n) is 42.0. The molecule has 0 heterocycles. The summed E-state index contributed by atoms with van der Waals surface area (Å²) in [5, 5.41) is 0. The van der Waals surface area contributed by atoms with Crippen LogP contribution in [0, 0.1) is 0 Å². The largest absolute Gasteiger partial charge is 0.0656 e. The number of benzene rings is 12. The fourth-order valence-electron chi connectivity index (χ4n) is 16.5. The monoisotopic (exact) mass is 1430 g/mol. The minimum atomic E-state index is 0.498. The van der Waals surface area contributed by atoms with Crippen LogP contribution in [0.15, 0.2) is 243 Å². The van der Waals surface area contributed by atoms with Crippen LogP contribution in [-0.2, 0) is 25.7 Å². The minimum Gasteiger partial charge on any atom is -0.0656 e. The number of hydrogen-bond donors (Lipinski definition) is 0. The van der Waals surface area contributed by atoms with Crippen molar-refractivity contribution in [3.63, 3.8) is 0 Å². The maximum atomic E-state index is 2.45. The highest BCUT2D eigenvalue weighted by Crippen LogP contribution is 2.56. The molecule has 0 aromatic heterocycles. The second-order valence-corrected chi connectivity index (χ2v) is 30.5. The van der Waals surface area contributed by atoms with E-state index in [9.17, 15) is 0 Å². The zero-order valence-electron chi connectivity index (χ0n) is 69.9. The van der Waals surface area contributed by atoms with E-state index in [0.29, 0.717) is 23.7 Å². The highest BCUT2D eigenvalue weighted by Gasteiger charge is 2.35. The van der Waals surface area contributed by atoms with E-state index in [-0.39, 0.29) is 0 Å². The van der Waals surface area contributed by atoms with Gasteiger partial charge in [0.15, 0.2) is 0 Å². The Kier molecular flexibility index (Phi) is 30.8. The summed E-state index contributed by atoms with van der Waals surface area (Å²) in [6.45, 7) is 43.3. The van der Waals surface area contributed by atoms with Crippen LogP contribution in [0.25, 0.3) is 89.0 Å². The Hall–Kier alpha value is -9.36. The SMILES string of the molecule is CC1c2ccccc2-c2c1ccc1c2-c2ccccc2C1.CC1c2ccccc2-c2cc3c(cc21)-c1ccccc1C3.CC1c2ccccc2-c2cc3c(cc21)Cc1ccccc1-3.CC1c2ccccc2-c2ccc3c(c21)-c1ccccc1C3.CCC.CCC.CCC.CCC.CCC.CCC.CCC.CCC. The summed E-state index contributed by atoms with van der Waals surface area (Å²) in [6.07, 6.45) is 14.3. The predicted octanol–water partition coefficient (Wildman–Crippen LogP) is 32.9. The summed E-state index contributed by atoms with van der Waals surface area (Å²) in [7, 11) is 0. The summed E-state index contributed by atoms with van der Waals surface area (Å²) in [5.74, 6) is 2.03. The molecule has 0 N–H and O–H groups in total. The predicted molar refractivity (Wildman–Crippen MR) is 478 cm³/mol. The van der Waals surface area contributed by atoms with Crippen molar-refractivity contribution in [1.82, 2.24) is 0 Å². The lowest BCUT2D eigenvalue weighted by Crippen LogP contribution is -1.94. The Balaban J connectivity index is 0.000000151. The quantitative estimate of drug-likeness (QED) is 0.142. The van der Waals surface area contributed by atoms with E-state index in [2.05, 4.69) is 381 Å². The zero-order valence-corrected chi connectivity index (χ0v) is 69.9. The average Bonchev–Trinajstić information content (AvgIpc) is 1.59. The molecule has 0 nitrogen and oxygen atoms in total. The summed E-state index contributed by atoms with van der Waals surface area (Å²) >= 11 is 0. The first-order chi connectivity index (χ1) is 52.7. The summed E-state index contributed by atoms with van der Waals surface area (Å²) in [4.78, 5) is 0. The molecule has 20 rings (SSSR count). The summed E-state index contributed by atoms with van der Waals surface area (Å²) < 4.78 is 0. The van der Waals surface area contributed by atoms with Gasteiger partial charge in [0.1, 0.15) is 0 Å². The molecule has 0 amide bonds. The van der Waals surface area contributed by atoms with Gasteiger partial charge in [0.2, 0.25) is 0 Å². The first kappa shape index (κ1) is 82.7. The van der Waals surface area contributed by atoms with Crippen LogP contribution in [0.2, 0.25) is 0 Å². The van der Waals surface area contributed by atoms with Gasteiger partial charge < -0.3 is 0 Å². The van der Waals surface area contributed by atoms with Crippen molar-refractivity contribution < 1.29 is 0 Å². The third kappa shape index (κ3) is 17.5. The molecule has 0 spiro atoms. The van der Waals surface area contributed by atoms with Gasteiger partial charge in [-0.1, -0.05) is 414 Å². The third-order valence-electron chi connectivity index (χ3n) is 20.6. The van der Waals surface area contributed by atoms with Gasteiger partial charge in [-0.2, -0.15) is 0 Å². The Morgan fingerprint density at radius 3 is 0.917 bits per heavy atom. The Labute approximate surface area is 655 Å². The van der Waals surface area contributed by atoms with Gasteiger partial charge in [-0.3, -0.25) is 0 Å². The lowest BCUT2D eigenvalue weighted by atomic mass is 9.90. The molecular weight excluding hydrogens is 1300 g/mol. The maximum Gasteiger partial charge on any atom is 0.00795 e. The van der Waals surface area contributed by atoms with Gasteiger partial charge in [-0.25, -0.2) is 0 Å². The second-order valence-electron chi connectivity index (χ2n) is 30.5. The topological polar surface area (TPSA) is 0 Å². The van der Waals surface area contributed by atoms with Crippen molar-refractivity contribution in [1.29, 1.82) is 0 Å². The minimum absolute atomic E-state index is 0.498. The molecule has 8 aliphatic carbocycles. The average molecular weight is 1430 g/mol. The molecule has 8 aliphatic rings. The van der Waals surface area contributed by atoms with Gasteiger partial charge in [-0.15, -0.1) is 0 Å². The van der Waals surface area contributed by atoms with Crippen LogP contribution >= 0.6 is 0 Å². The van der Waals surface area contributed by atoms with Crippen molar-refractivity contribution in [2.45, 2.75) is 239 Å². The highest BCUT2D eigenvalue weighted by atomic mass is 14.4. The molecule has 4 atom stereocenters. The van der Waals surface area contributed by atoms with Crippen molar-refractivity contribution in [3.8, 4) is 89.0 Å². The Morgan fingerprint density at radius 1 is 0.176 bits per heavy atom. The van der Waals surface area contributed by atoms with Crippen LogP contribution in [0.4, 0.5) is 0 Å². The fourth-order valence-corrected chi connectivity index (χ4v) is 16.5. The number of rotatable bonds is 0. The molecule has 0 bridgehead atoms. The van der Waals surface area contributed by atoms with Crippen molar-refractivity contribution in [2.24, 2.45) is 0 Å². The highest BCUT2D eigenvalue weighted by molar-refractivity contribution is 5.97. The van der Waals surface area contributed by atoms with Gasteiger partial charge in [0, 0.05) is 23.7 Å². The fraction of sp³-hybridized carbons (Fsp3) is 0.333. The van der Waals surface area contributed by atoms with Gasteiger partial charge in [0.25, 0.3) is 0 Å². The van der Waals surface area contributed by atoms with E-state index < -0.39 is 0 Å². The maximum absolute atomic E-state index is 2.45. The molecule has 0 heteroatoms. The number of fused-ring (bicyclic) bond motifs is 26. The van der Waals surface area contributed by atoms with E-state index in [1.165, 1.54) is 224 Å². The van der Waals surface area contributed by atoms with E-state index in [4.69, 9.17) is 0 Å². The van der Waals surface area contributed by atoms with Crippen LogP contribution in [0.1, 0.15) is 303 Å². The van der Waals surface area contributed by atoms with E-state index in [1.807, 2.05) is 0 Å². The molecule has 108 heavy (non-hydrogen) atoms. The van der Waals surface area contributed by atoms with Crippen molar-refractivity contribution >= 4 is 0 Å². The molecule has 0 aliphatic heterocycles. The standard InChI is InChI=1S/4C21H16.8C3H8/c1-13-16-7-4-5-9-18(16)21-11-15-10-14-6-2-3-8-17(14)20(15)12-19(13)21;1-13-16-7-4-5-9-18(16)21-12-20-15(11-19(13)21)10-14-6-2-3-8-17(14)20;1-13-16-7-4-5-9-19(16)21-17(13)11-10-15-12-14-6-2-3-8-18(14)20(15)21;1-13-16-7-4-5-9-18(16)19-11-10-15-12-14-6-2-3-8-17(14)21(15)20(13)19;8*1-3-2/h2*2-9,11-13H,10H2,1H3;2*2-11,13H,12H2,1H3;8*3H2,1-2H3. The summed E-state index contributed by atoms with van der Waals surface area (Å²) in [6, 6.07) is 90.0. The van der Waals surface area contributed by atoms with Crippen LogP contribution in [0.5, 0.6) is 0 Å². The van der Waals surface area contributed by atoms with E-state index in [1.54, 1.807) is 5.56 Å². The smallest absolute Gasteiger partial charge is 0.00795 e. The van der Waals surface area contributed by atoms with Gasteiger partial charge in [0.05, 0.1) is 0 Å². The Morgan fingerprint density at radius 2 is 0.463 bits per heavy atom. The lowest BCUT2D eigenvalue weighted by molar-refractivity contribution is 0.953. The Bertz CT molecular complexity index is 4870. The molecule has 4 unspecified atom stereocenters. The first-order valence-corrected chi connectivity index (χ1v) is 42.0. The molecule has 0 saturated carbocycles. The molecule has 0 radical (unpaired) electrons. The summed E-state index contributed by atoms with van der Waals surface area (Å²) in [5.41, 5.74) is 46.9. The molecule has 560 valence electrons. The normalized spacial score (nSPS) is 14.6. The van der Waals surface area contributed by atoms with Gasteiger partial charge in [-0.05, 0) is 222 Å². The van der Waals surface area contributed by atoms with Crippen LogP contribution < -0.4 is 0 Å². The molecule has 0 fully saturated rings. The molecule has 0 saturated heterocycles. The van der Waals surface area contributed by atoms with Gasteiger partial charge >= 0.3 is 0 Å². The number of hydrogen-bond acceptors (Lipinski definition) is 0. The zero-order chi connectivity index (χ0) is 77.6. The van der Waals surface area contributed by atoms with Crippen LogP contribution in [0.3, 0.4) is 0 Å². The second kappa shape index (κ2) is 40.2.